The predicted octanol–water partition coefficient (Wildman–Crippen LogP) is 3.54. The van der Waals surface area contributed by atoms with Crippen molar-refractivity contribution in [1.29, 1.82) is 0 Å². The zero-order chi connectivity index (χ0) is 25.2. The second-order valence-electron chi connectivity index (χ2n) is 7.55. The summed E-state index contributed by atoms with van der Waals surface area (Å²) >= 11 is 6.00. The van der Waals surface area contributed by atoms with E-state index in [4.69, 9.17) is 21.1 Å². The van der Waals surface area contributed by atoms with Crippen molar-refractivity contribution in [3.63, 3.8) is 0 Å². The molecule has 1 N–H and O–H groups in total. The van der Waals surface area contributed by atoms with Gasteiger partial charge in [0.2, 0.25) is 11.8 Å². The van der Waals surface area contributed by atoms with E-state index in [1.165, 1.54) is 61.6 Å². The van der Waals surface area contributed by atoms with Crippen molar-refractivity contribution in [1.82, 2.24) is 0 Å². The first kappa shape index (κ1) is 24.4. The van der Waals surface area contributed by atoms with Gasteiger partial charge >= 0.3 is 0 Å². The van der Waals surface area contributed by atoms with Crippen LogP contribution in [0.5, 0.6) is 11.5 Å². The molecule has 1 heterocycles. The largest absolute Gasteiger partial charge is 0.493 e. The van der Waals surface area contributed by atoms with Gasteiger partial charge in [0.15, 0.2) is 11.5 Å². The van der Waals surface area contributed by atoms with E-state index in [9.17, 15) is 18.0 Å². The van der Waals surface area contributed by atoms with Gasteiger partial charge < -0.3 is 14.8 Å². The number of anilines is 3. The summed E-state index contributed by atoms with van der Waals surface area (Å²) in [5.74, 6) is -0.377. The molecule has 0 aromatic heterocycles. The third-order valence-electron chi connectivity index (χ3n) is 5.41. The molecule has 1 aliphatic heterocycles. The van der Waals surface area contributed by atoms with Crippen LogP contribution in [0.3, 0.4) is 0 Å². The van der Waals surface area contributed by atoms with Gasteiger partial charge in [-0.15, -0.1) is 0 Å². The minimum Gasteiger partial charge on any atom is -0.493 e. The Morgan fingerprint density at radius 2 is 1.71 bits per heavy atom. The Hall–Kier alpha value is -3.76. The Morgan fingerprint density at radius 1 is 1.03 bits per heavy atom. The number of carbonyl (C=O) groups excluding carboxylic acids is 2. The molecule has 9 nitrogen and oxygen atoms in total. The first-order valence-corrected chi connectivity index (χ1v) is 12.3. The molecule has 35 heavy (non-hydrogen) atoms. The fourth-order valence-corrected chi connectivity index (χ4v) is 5.25. The lowest BCUT2D eigenvalue weighted by atomic mass is 10.2. The maximum atomic E-state index is 13.8. The van der Waals surface area contributed by atoms with E-state index >= 15 is 0 Å². The van der Waals surface area contributed by atoms with E-state index in [0.717, 1.165) is 4.31 Å². The van der Waals surface area contributed by atoms with E-state index < -0.39 is 22.5 Å². The first-order valence-electron chi connectivity index (χ1n) is 10.4. The zero-order valence-corrected chi connectivity index (χ0v) is 20.5. The number of carbonyl (C=O) groups is 2. The van der Waals surface area contributed by atoms with Crippen LogP contribution in [-0.4, -0.2) is 47.5 Å². The van der Waals surface area contributed by atoms with Crippen LogP contribution in [0, 0.1) is 0 Å². The normalized spacial score (nSPS) is 13.0. The van der Waals surface area contributed by atoms with E-state index in [1.54, 1.807) is 24.3 Å². The average Bonchev–Trinajstić information content (AvgIpc) is 2.86. The molecule has 4 rings (SSSR count). The second-order valence-corrected chi connectivity index (χ2v) is 9.85. The minimum absolute atomic E-state index is 0.102. The summed E-state index contributed by atoms with van der Waals surface area (Å²) in [6.07, 6.45) is 0. The van der Waals surface area contributed by atoms with Crippen LogP contribution in [-0.2, 0) is 19.6 Å². The van der Waals surface area contributed by atoms with Crippen LogP contribution >= 0.6 is 11.6 Å². The number of hydrogen-bond donors (Lipinski definition) is 1. The van der Waals surface area contributed by atoms with Crippen molar-refractivity contribution >= 4 is 50.5 Å². The highest BCUT2D eigenvalue weighted by atomic mass is 35.5. The number of amides is 2. The summed E-state index contributed by atoms with van der Waals surface area (Å²) in [6, 6.07) is 17.0. The van der Waals surface area contributed by atoms with E-state index in [-0.39, 0.29) is 28.8 Å². The molecular formula is C24H22ClN3O6S. The summed E-state index contributed by atoms with van der Waals surface area (Å²) in [5, 5.41) is 3.12. The maximum Gasteiger partial charge on any atom is 0.264 e. The lowest BCUT2D eigenvalue weighted by Crippen LogP contribution is -2.48. The van der Waals surface area contributed by atoms with E-state index in [0.29, 0.717) is 22.1 Å². The summed E-state index contributed by atoms with van der Waals surface area (Å²) in [5.41, 5.74) is 1.18. The summed E-state index contributed by atoms with van der Waals surface area (Å²) in [6.45, 7) is -0.791. The summed E-state index contributed by atoms with van der Waals surface area (Å²) in [7, 11) is -1.40. The standard InChI is InChI=1S/C24H22ClN3O6S/c1-33-21-12-11-18(13-22(21)34-2)35(31,32)28(17-9-7-16(25)8-10-17)15-24(30)27-14-23(29)26-19-5-3-4-6-20(19)27/h3-13H,14-15H2,1-2H3,(H,26,29). The van der Waals surface area contributed by atoms with Crippen LogP contribution < -0.4 is 24.0 Å². The topological polar surface area (TPSA) is 105 Å². The molecule has 0 unspecified atom stereocenters. The van der Waals surface area contributed by atoms with Gasteiger partial charge in [0.1, 0.15) is 13.1 Å². The third kappa shape index (κ3) is 4.89. The molecule has 182 valence electrons. The monoisotopic (exact) mass is 515 g/mol. The molecule has 3 aromatic carbocycles. The number of benzene rings is 3. The van der Waals surface area contributed by atoms with Gasteiger partial charge in [-0.25, -0.2) is 8.42 Å². The van der Waals surface area contributed by atoms with E-state index in [2.05, 4.69) is 5.32 Å². The highest BCUT2D eigenvalue weighted by molar-refractivity contribution is 7.92. The lowest BCUT2D eigenvalue weighted by Gasteiger charge is -2.32. The van der Waals surface area contributed by atoms with Crippen LogP contribution in [0.1, 0.15) is 0 Å². The molecule has 11 heteroatoms. The molecule has 1 aliphatic rings. The molecule has 2 amide bonds. The number of sulfonamides is 1. The van der Waals surface area contributed by atoms with Crippen molar-refractivity contribution in [2.45, 2.75) is 4.90 Å². The van der Waals surface area contributed by atoms with Gasteiger partial charge in [0, 0.05) is 11.1 Å². The number of fused-ring (bicyclic) bond motifs is 1. The molecule has 0 fully saturated rings. The molecule has 0 spiro atoms. The van der Waals surface area contributed by atoms with Gasteiger partial charge in [-0.2, -0.15) is 0 Å². The molecule has 0 bridgehead atoms. The fraction of sp³-hybridized carbons (Fsp3) is 0.167. The highest BCUT2D eigenvalue weighted by Crippen LogP contribution is 2.33. The zero-order valence-electron chi connectivity index (χ0n) is 18.9. The summed E-state index contributed by atoms with van der Waals surface area (Å²) < 4.78 is 39.0. The quantitative estimate of drug-likeness (QED) is 0.516. The van der Waals surface area contributed by atoms with E-state index in [1.807, 2.05) is 0 Å². The highest BCUT2D eigenvalue weighted by Gasteiger charge is 2.33. The molecule has 0 atom stereocenters. The average molecular weight is 516 g/mol. The fourth-order valence-electron chi connectivity index (χ4n) is 3.69. The van der Waals surface area contributed by atoms with Crippen LogP contribution in [0.2, 0.25) is 5.02 Å². The number of rotatable bonds is 7. The number of methoxy groups -OCH3 is 2. The van der Waals surface area contributed by atoms with Gasteiger partial charge in [-0.3, -0.25) is 18.8 Å². The van der Waals surface area contributed by atoms with Crippen molar-refractivity contribution in [3.05, 3.63) is 71.8 Å². The summed E-state index contributed by atoms with van der Waals surface area (Å²) in [4.78, 5) is 26.8. The van der Waals surface area contributed by atoms with Crippen molar-refractivity contribution in [2.24, 2.45) is 0 Å². The molecule has 0 saturated carbocycles. The SMILES string of the molecule is COc1ccc(S(=O)(=O)N(CC(=O)N2CC(=O)Nc3ccccc32)c2ccc(Cl)cc2)cc1OC. The Morgan fingerprint density at radius 3 is 2.40 bits per heavy atom. The number of nitrogens with zero attached hydrogens (tertiary/aromatic N) is 2. The van der Waals surface area contributed by atoms with Crippen LogP contribution in [0.15, 0.2) is 71.6 Å². The van der Waals surface area contributed by atoms with Crippen molar-refractivity contribution in [2.75, 3.05) is 41.8 Å². The van der Waals surface area contributed by atoms with Gasteiger partial charge in [0.05, 0.1) is 36.2 Å². The lowest BCUT2D eigenvalue weighted by molar-refractivity contribution is -0.121. The molecular weight excluding hydrogens is 494 g/mol. The number of para-hydroxylation sites is 2. The second kappa shape index (κ2) is 9.85. The smallest absolute Gasteiger partial charge is 0.264 e. The minimum atomic E-state index is -4.24. The predicted molar refractivity (Wildman–Crippen MR) is 133 cm³/mol. The molecule has 0 radical (unpaired) electrons. The van der Waals surface area contributed by atoms with Gasteiger partial charge in [-0.1, -0.05) is 23.7 Å². The van der Waals surface area contributed by atoms with Crippen molar-refractivity contribution in [3.8, 4) is 11.5 Å². The number of hydrogen-bond acceptors (Lipinski definition) is 6. The molecule has 0 aliphatic carbocycles. The third-order valence-corrected chi connectivity index (χ3v) is 7.43. The first-order chi connectivity index (χ1) is 16.7. The van der Waals surface area contributed by atoms with Crippen LogP contribution in [0.25, 0.3) is 0 Å². The number of halogens is 1. The molecule has 0 saturated heterocycles. The Labute approximate surface area is 207 Å². The van der Waals surface area contributed by atoms with Gasteiger partial charge in [0.25, 0.3) is 10.0 Å². The number of nitrogens with one attached hydrogen (secondary N) is 1. The molecule has 3 aromatic rings. The van der Waals surface area contributed by atoms with Crippen molar-refractivity contribution < 1.29 is 27.5 Å². The Balaban J connectivity index is 1.75. The van der Waals surface area contributed by atoms with Gasteiger partial charge in [-0.05, 0) is 48.5 Å². The Bertz CT molecular complexity index is 1380. The maximum absolute atomic E-state index is 13.8. The number of ether oxygens (including phenoxy) is 2. The van der Waals surface area contributed by atoms with Crippen LogP contribution in [0.4, 0.5) is 17.1 Å². The Kier molecular flexibility index (Phi) is 6.86.